The van der Waals surface area contributed by atoms with Gasteiger partial charge in [-0.25, -0.2) is 0 Å². The van der Waals surface area contributed by atoms with Crippen molar-refractivity contribution in [1.29, 1.82) is 0 Å². The number of hydrogen-bond acceptors (Lipinski definition) is 3. The van der Waals surface area contributed by atoms with Gasteiger partial charge in [0.15, 0.2) is 0 Å². The zero-order valence-electron chi connectivity index (χ0n) is 12.9. The van der Waals surface area contributed by atoms with Crippen LogP contribution in [0.2, 0.25) is 0 Å². The fourth-order valence-corrected chi connectivity index (χ4v) is 1.62. The zero-order chi connectivity index (χ0) is 13.9. The first kappa shape index (κ1) is 15.3. The first-order valence-electron chi connectivity index (χ1n) is 6.72. The Balaban J connectivity index is 2.64. The molecule has 104 valence electrons. The van der Waals surface area contributed by atoms with Crippen LogP contribution in [0, 0.1) is 6.92 Å². The van der Waals surface area contributed by atoms with Crippen molar-refractivity contribution in [1.82, 2.24) is 10.2 Å². The van der Waals surface area contributed by atoms with E-state index < -0.39 is 0 Å². The Morgan fingerprint density at radius 2 is 1.94 bits per heavy atom. The van der Waals surface area contributed by atoms with E-state index in [1.165, 1.54) is 5.56 Å². The molecule has 0 aliphatic heterocycles. The van der Waals surface area contributed by atoms with Gasteiger partial charge < -0.3 is 9.73 Å². The number of nitrogens with one attached hydrogen (secondary N) is 1. The zero-order valence-corrected chi connectivity index (χ0v) is 12.9. The molecule has 0 atom stereocenters. The highest BCUT2D eigenvalue weighted by Crippen LogP contribution is 2.17. The predicted octanol–water partition coefficient (Wildman–Crippen LogP) is 3.32. The molecule has 0 saturated carbocycles. The van der Waals surface area contributed by atoms with Crippen LogP contribution < -0.4 is 5.32 Å². The number of furan rings is 1. The van der Waals surface area contributed by atoms with Gasteiger partial charge >= 0.3 is 0 Å². The van der Waals surface area contributed by atoms with Crippen molar-refractivity contribution in [2.45, 2.75) is 66.2 Å². The van der Waals surface area contributed by atoms with E-state index in [0.717, 1.165) is 24.6 Å². The highest BCUT2D eigenvalue weighted by Gasteiger charge is 2.14. The smallest absolute Gasteiger partial charge is 0.120 e. The third kappa shape index (κ3) is 4.83. The molecular formula is C15H28N2O. The molecule has 0 unspecified atom stereocenters. The minimum absolute atomic E-state index is 0.119. The molecule has 1 aromatic heterocycles. The first-order valence-corrected chi connectivity index (χ1v) is 6.72. The summed E-state index contributed by atoms with van der Waals surface area (Å²) in [5, 5.41) is 3.46. The van der Waals surface area contributed by atoms with E-state index in [9.17, 15) is 0 Å². The lowest BCUT2D eigenvalue weighted by Gasteiger charge is -2.20. The Morgan fingerprint density at radius 3 is 2.44 bits per heavy atom. The molecule has 0 aliphatic carbocycles. The fraction of sp³-hybridized carbons (Fsp3) is 0.733. The van der Waals surface area contributed by atoms with E-state index in [-0.39, 0.29) is 5.54 Å². The maximum absolute atomic E-state index is 5.93. The van der Waals surface area contributed by atoms with Crippen LogP contribution in [0.5, 0.6) is 0 Å². The van der Waals surface area contributed by atoms with Gasteiger partial charge in [0.1, 0.15) is 11.5 Å². The summed E-state index contributed by atoms with van der Waals surface area (Å²) in [4.78, 5) is 2.28. The lowest BCUT2D eigenvalue weighted by atomic mass is 10.1. The van der Waals surface area contributed by atoms with Crippen LogP contribution >= 0.6 is 0 Å². The molecule has 1 heterocycles. The Labute approximate surface area is 112 Å². The number of aryl methyl sites for hydroxylation is 1. The van der Waals surface area contributed by atoms with Crippen molar-refractivity contribution in [3.63, 3.8) is 0 Å². The van der Waals surface area contributed by atoms with Gasteiger partial charge in [-0.05, 0) is 60.2 Å². The number of nitrogens with zero attached hydrogens (tertiary/aromatic N) is 1. The molecule has 0 fully saturated rings. The predicted molar refractivity (Wildman–Crippen MR) is 76.6 cm³/mol. The molecule has 0 saturated heterocycles. The third-order valence-corrected chi connectivity index (χ3v) is 3.14. The Bertz CT molecular complexity index is 374. The van der Waals surface area contributed by atoms with E-state index >= 15 is 0 Å². The van der Waals surface area contributed by atoms with Gasteiger partial charge in [-0.2, -0.15) is 0 Å². The van der Waals surface area contributed by atoms with Crippen molar-refractivity contribution in [2.24, 2.45) is 0 Å². The van der Waals surface area contributed by atoms with Crippen molar-refractivity contribution in [2.75, 3.05) is 7.05 Å². The van der Waals surface area contributed by atoms with Crippen LogP contribution in [0.3, 0.4) is 0 Å². The molecule has 1 N–H and O–H groups in total. The molecule has 1 rings (SSSR count). The van der Waals surface area contributed by atoms with Crippen LogP contribution in [0.15, 0.2) is 10.5 Å². The van der Waals surface area contributed by atoms with Gasteiger partial charge in [0.25, 0.3) is 0 Å². The largest absolute Gasteiger partial charge is 0.463 e. The Morgan fingerprint density at radius 1 is 1.33 bits per heavy atom. The van der Waals surface area contributed by atoms with E-state index in [1.807, 2.05) is 0 Å². The summed E-state index contributed by atoms with van der Waals surface area (Å²) in [6.45, 7) is 14.7. The van der Waals surface area contributed by atoms with E-state index in [4.69, 9.17) is 4.42 Å². The van der Waals surface area contributed by atoms with Crippen molar-refractivity contribution >= 4 is 0 Å². The van der Waals surface area contributed by atoms with E-state index in [2.05, 4.69) is 64.9 Å². The molecule has 0 bridgehead atoms. The second-order valence-corrected chi connectivity index (χ2v) is 6.43. The van der Waals surface area contributed by atoms with E-state index in [1.54, 1.807) is 0 Å². The summed E-state index contributed by atoms with van der Waals surface area (Å²) in [7, 11) is 2.12. The van der Waals surface area contributed by atoms with Gasteiger partial charge in [-0.1, -0.05) is 0 Å². The SMILES string of the molecule is Cc1cc(CN(C)C(C)C)oc1CNC(C)(C)C. The fourth-order valence-electron chi connectivity index (χ4n) is 1.62. The monoisotopic (exact) mass is 252 g/mol. The number of hydrogen-bond donors (Lipinski definition) is 1. The molecule has 3 heteroatoms. The summed E-state index contributed by atoms with van der Waals surface area (Å²) in [6, 6.07) is 2.69. The van der Waals surface area contributed by atoms with Gasteiger partial charge in [-0.15, -0.1) is 0 Å². The van der Waals surface area contributed by atoms with Crippen LogP contribution in [0.4, 0.5) is 0 Å². The summed E-state index contributed by atoms with van der Waals surface area (Å²) in [5.74, 6) is 2.10. The van der Waals surface area contributed by atoms with Gasteiger partial charge in [-0.3, -0.25) is 4.90 Å². The average Bonchev–Trinajstić information content (AvgIpc) is 2.54. The van der Waals surface area contributed by atoms with Gasteiger partial charge in [0, 0.05) is 11.6 Å². The Hall–Kier alpha value is -0.800. The van der Waals surface area contributed by atoms with Crippen molar-refractivity contribution < 1.29 is 4.42 Å². The maximum Gasteiger partial charge on any atom is 0.120 e. The second kappa shape index (κ2) is 5.89. The summed E-state index contributed by atoms with van der Waals surface area (Å²) < 4.78 is 5.93. The van der Waals surface area contributed by atoms with Crippen molar-refractivity contribution in [3.05, 3.63) is 23.2 Å². The molecule has 0 spiro atoms. The minimum atomic E-state index is 0.119. The topological polar surface area (TPSA) is 28.4 Å². The highest BCUT2D eigenvalue weighted by molar-refractivity contribution is 5.20. The molecule has 1 aromatic rings. The van der Waals surface area contributed by atoms with Crippen LogP contribution in [0.1, 0.15) is 51.7 Å². The summed E-state index contributed by atoms with van der Waals surface area (Å²) in [5.41, 5.74) is 1.35. The summed E-state index contributed by atoms with van der Waals surface area (Å²) >= 11 is 0. The van der Waals surface area contributed by atoms with Gasteiger partial charge in [0.05, 0.1) is 13.1 Å². The second-order valence-electron chi connectivity index (χ2n) is 6.43. The van der Waals surface area contributed by atoms with E-state index in [0.29, 0.717) is 6.04 Å². The molecular weight excluding hydrogens is 224 g/mol. The number of rotatable bonds is 5. The highest BCUT2D eigenvalue weighted by atomic mass is 16.3. The van der Waals surface area contributed by atoms with Crippen molar-refractivity contribution in [3.8, 4) is 0 Å². The average molecular weight is 252 g/mol. The molecule has 3 nitrogen and oxygen atoms in total. The standard InChI is InChI=1S/C15H28N2O/c1-11(2)17(7)10-13-8-12(3)14(18-13)9-16-15(4,5)6/h8,11,16H,9-10H2,1-7H3. The van der Waals surface area contributed by atoms with Crippen LogP contribution in [-0.2, 0) is 13.1 Å². The molecule has 0 amide bonds. The third-order valence-electron chi connectivity index (χ3n) is 3.14. The molecule has 0 radical (unpaired) electrons. The first-order chi connectivity index (χ1) is 8.19. The Kier molecular flexibility index (Phi) is 5.00. The quantitative estimate of drug-likeness (QED) is 0.871. The van der Waals surface area contributed by atoms with Crippen LogP contribution in [0.25, 0.3) is 0 Å². The maximum atomic E-state index is 5.93. The molecule has 18 heavy (non-hydrogen) atoms. The molecule has 0 aliphatic rings. The lowest BCUT2D eigenvalue weighted by molar-refractivity contribution is 0.239. The molecule has 0 aromatic carbocycles. The van der Waals surface area contributed by atoms with Gasteiger partial charge in [0.2, 0.25) is 0 Å². The lowest BCUT2D eigenvalue weighted by Crippen LogP contribution is -2.35. The summed E-state index contributed by atoms with van der Waals surface area (Å²) in [6.07, 6.45) is 0. The van der Waals surface area contributed by atoms with Crippen LogP contribution in [-0.4, -0.2) is 23.5 Å². The minimum Gasteiger partial charge on any atom is -0.463 e. The normalized spacial score (nSPS) is 12.7.